The third-order valence-electron chi connectivity index (χ3n) is 4.09. The average Bonchev–Trinajstić information content (AvgIpc) is 2.75. The van der Waals surface area contributed by atoms with Gasteiger partial charge in [-0.15, -0.1) is 0 Å². The topological polar surface area (TPSA) is 101 Å². The van der Waals surface area contributed by atoms with E-state index in [0.29, 0.717) is 6.54 Å². The molecule has 0 aromatic heterocycles. The molecule has 7 nitrogen and oxygen atoms in total. The number of imide groups is 1. The van der Waals surface area contributed by atoms with Crippen LogP contribution >= 0.6 is 0 Å². The Hall–Kier alpha value is -1.92. The van der Waals surface area contributed by atoms with E-state index < -0.39 is 5.91 Å². The van der Waals surface area contributed by atoms with Crippen LogP contribution in [0.3, 0.4) is 0 Å². The summed E-state index contributed by atoms with van der Waals surface area (Å²) in [6.45, 7) is 0.745. The fraction of sp³-hybridized carbons (Fsp3) is 0.714. The maximum atomic E-state index is 12.3. The normalized spacial score (nSPS) is 22.8. The molecular formula is C14H21N3O4. The van der Waals surface area contributed by atoms with Crippen molar-refractivity contribution in [3.63, 3.8) is 0 Å². The summed E-state index contributed by atoms with van der Waals surface area (Å²) in [6, 6.07) is -0.145. The second kappa shape index (κ2) is 6.69. The fourth-order valence-electron chi connectivity index (χ4n) is 3.00. The molecule has 0 aromatic rings. The van der Waals surface area contributed by atoms with Gasteiger partial charge < -0.3 is 10.6 Å². The van der Waals surface area contributed by atoms with Gasteiger partial charge in [-0.05, 0) is 19.3 Å². The predicted molar refractivity (Wildman–Crippen MR) is 73.7 cm³/mol. The maximum Gasteiger partial charge on any atom is 0.229 e. The highest BCUT2D eigenvalue weighted by atomic mass is 16.2. The van der Waals surface area contributed by atoms with Crippen LogP contribution in [-0.4, -0.2) is 52.6 Å². The van der Waals surface area contributed by atoms with Gasteiger partial charge in [-0.1, -0.05) is 0 Å². The van der Waals surface area contributed by atoms with E-state index >= 15 is 0 Å². The summed E-state index contributed by atoms with van der Waals surface area (Å²) >= 11 is 0. The molecule has 0 radical (unpaired) electrons. The van der Waals surface area contributed by atoms with Gasteiger partial charge in [0.05, 0.1) is 0 Å². The number of carbonyl (C=O) groups is 4. The largest absolute Gasteiger partial charge is 0.370 e. The highest BCUT2D eigenvalue weighted by Gasteiger charge is 2.31. The Balaban J connectivity index is 1.90. The van der Waals surface area contributed by atoms with Crippen molar-refractivity contribution >= 4 is 23.6 Å². The second-order valence-electron chi connectivity index (χ2n) is 5.60. The van der Waals surface area contributed by atoms with Gasteiger partial charge in [0.2, 0.25) is 23.6 Å². The standard InChI is InChI=1S/C14H21N3O4/c15-11(18)9-10-3-1-2-7-16(10)14(21)6-8-17-12(19)4-5-13(17)20/h10H,1-9H2,(H2,15,18)/t10-/m0/s1. The molecule has 0 aromatic carbocycles. The zero-order chi connectivity index (χ0) is 15.4. The third-order valence-corrected chi connectivity index (χ3v) is 4.09. The zero-order valence-corrected chi connectivity index (χ0v) is 12.0. The molecule has 116 valence electrons. The number of carbonyl (C=O) groups excluding carboxylic acids is 4. The lowest BCUT2D eigenvalue weighted by atomic mass is 9.98. The van der Waals surface area contributed by atoms with Gasteiger partial charge >= 0.3 is 0 Å². The molecular weight excluding hydrogens is 274 g/mol. The van der Waals surface area contributed by atoms with Crippen LogP contribution in [0.25, 0.3) is 0 Å². The minimum Gasteiger partial charge on any atom is -0.370 e. The van der Waals surface area contributed by atoms with Gasteiger partial charge in [0, 0.05) is 44.8 Å². The first-order valence-corrected chi connectivity index (χ1v) is 7.40. The van der Waals surface area contributed by atoms with Gasteiger partial charge in [0.15, 0.2) is 0 Å². The number of piperidine rings is 1. The highest BCUT2D eigenvalue weighted by molar-refractivity contribution is 6.02. The first-order valence-electron chi connectivity index (χ1n) is 7.40. The minimum absolute atomic E-state index is 0.117. The lowest BCUT2D eigenvalue weighted by Gasteiger charge is -2.35. The molecule has 1 atom stereocenters. The Bertz CT molecular complexity index is 447. The average molecular weight is 295 g/mol. The number of likely N-dealkylation sites (tertiary alicyclic amines) is 2. The molecule has 0 unspecified atom stereocenters. The smallest absolute Gasteiger partial charge is 0.229 e. The lowest BCUT2D eigenvalue weighted by molar-refractivity contribution is -0.140. The number of nitrogens with two attached hydrogens (primary N) is 1. The number of amides is 4. The van der Waals surface area contributed by atoms with Crippen LogP contribution in [0.15, 0.2) is 0 Å². The van der Waals surface area contributed by atoms with E-state index in [1.165, 1.54) is 0 Å². The number of nitrogens with zero attached hydrogens (tertiary/aromatic N) is 2. The molecule has 4 amide bonds. The SMILES string of the molecule is NC(=O)C[C@@H]1CCCCN1C(=O)CCN1C(=O)CCC1=O. The van der Waals surface area contributed by atoms with Crippen LogP contribution in [0.1, 0.15) is 44.9 Å². The summed E-state index contributed by atoms with van der Waals surface area (Å²) in [5.74, 6) is -0.946. The number of primary amides is 1. The van der Waals surface area contributed by atoms with Crippen molar-refractivity contribution in [1.82, 2.24) is 9.80 Å². The van der Waals surface area contributed by atoms with Crippen LogP contribution in [0, 0.1) is 0 Å². The van der Waals surface area contributed by atoms with Gasteiger partial charge in [0.1, 0.15) is 0 Å². The van der Waals surface area contributed by atoms with Crippen LogP contribution in [0.4, 0.5) is 0 Å². The fourth-order valence-corrected chi connectivity index (χ4v) is 3.00. The van der Waals surface area contributed by atoms with E-state index in [1.807, 2.05) is 0 Å². The van der Waals surface area contributed by atoms with Gasteiger partial charge in [-0.2, -0.15) is 0 Å². The van der Waals surface area contributed by atoms with E-state index in [2.05, 4.69) is 0 Å². The molecule has 0 saturated carbocycles. The monoisotopic (exact) mass is 295 g/mol. The molecule has 0 spiro atoms. The Morgan fingerprint density at radius 1 is 1.14 bits per heavy atom. The maximum absolute atomic E-state index is 12.3. The first kappa shape index (κ1) is 15.5. The molecule has 0 bridgehead atoms. The highest BCUT2D eigenvalue weighted by Crippen LogP contribution is 2.21. The summed E-state index contributed by atoms with van der Waals surface area (Å²) in [6.07, 6.45) is 3.42. The molecule has 2 N–H and O–H groups in total. The molecule has 21 heavy (non-hydrogen) atoms. The van der Waals surface area contributed by atoms with Crippen molar-refractivity contribution in [1.29, 1.82) is 0 Å². The van der Waals surface area contributed by atoms with Crippen LogP contribution in [-0.2, 0) is 19.2 Å². The summed E-state index contributed by atoms with van der Waals surface area (Å²) in [5.41, 5.74) is 5.22. The van der Waals surface area contributed by atoms with E-state index in [0.717, 1.165) is 24.2 Å². The van der Waals surface area contributed by atoms with Crippen LogP contribution in [0.5, 0.6) is 0 Å². The molecule has 2 fully saturated rings. The molecule has 0 aliphatic carbocycles. The Kier molecular flexibility index (Phi) is 4.93. The first-order chi connectivity index (χ1) is 9.99. The number of hydrogen-bond acceptors (Lipinski definition) is 4. The van der Waals surface area contributed by atoms with Crippen molar-refractivity contribution in [2.75, 3.05) is 13.1 Å². The summed E-state index contributed by atoms with van der Waals surface area (Å²) in [5, 5.41) is 0. The molecule has 2 aliphatic rings. The van der Waals surface area contributed by atoms with Crippen molar-refractivity contribution in [3.8, 4) is 0 Å². The van der Waals surface area contributed by atoms with Crippen molar-refractivity contribution in [2.24, 2.45) is 5.73 Å². The molecule has 2 saturated heterocycles. The summed E-state index contributed by atoms with van der Waals surface area (Å²) in [4.78, 5) is 49.2. The van der Waals surface area contributed by atoms with E-state index in [-0.39, 0.29) is 56.0 Å². The Morgan fingerprint density at radius 3 is 2.43 bits per heavy atom. The minimum atomic E-state index is -0.412. The predicted octanol–water partition coefficient (Wildman–Crippen LogP) is -0.218. The molecule has 2 rings (SSSR count). The second-order valence-corrected chi connectivity index (χ2v) is 5.60. The summed E-state index contributed by atoms with van der Waals surface area (Å²) in [7, 11) is 0. The Morgan fingerprint density at radius 2 is 1.81 bits per heavy atom. The summed E-state index contributed by atoms with van der Waals surface area (Å²) < 4.78 is 0. The number of hydrogen-bond donors (Lipinski definition) is 1. The van der Waals surface area contributed by atoms with Crippen LogP contribution < -0.4 is 5.73 Å². The van der Waals surface area contributed by atoms with E-state index in [4.69, 9.17) is 5.73 Å². The van der Waals surface area contributed by atoms with Crippen molar-refractivity contribution in [2.45, 2.75) is 51.0 Å². The number of rotatable bonds is 5. The van der Waals surface area contributed by atoms with Crippen molar-refractivity contribution in [3.05, 3.63) is 0 Å². The molecule has 2 aliphatic heterocycles. The van der Waals surface area contributed by atoms with Gasteiger partial charge in [-0.25, -0.2) is 0 Å². The molecule has 7 heteroatoms. The van der Waals surface area contributed by atoms with E-state index in [1.54, 1.807) is 4.90 Å². The zero-order valence-electron chi connectivity index (χ0n) is 12.0. The Labute approximate surface area is 123 Å². The van der Waals surface area contributed by atoms with E-state index in [9.17, 15) is 19.2 Å². The lowest BCUT2D eigenvalue weighted by Crippen LogP contribution is -2.46. The third kappa shape index (κ3) is 3.80. The molecule has 2 heterocycles. The van der Waals surface area contributed by atoms with Gasteiger partial charge in [0.25, 0.3) is 0 Å². The van der Waals surface area contributed by atoms with Gasteiger partial charge in [-0.3, -0.25) is 24.1 Å². The van der Waals surface area contributed by atoms with Crippen LogP contribution in [0.2, 0.25) is 0 Å². The quantitative estimate of drug-likeness (QED) is 0.709. The van der Waals surface area contributed by atoms with Crippen molar-refractivity contribution < 1.29 is 19.2 Å².